The van der Waals surface area contributed by atoms with E-state index in [2.05, 4.69) is 193 Å². The molecular weight excluding hydrogens is 725 g/mol. The first kappa shape index (κ1) is 31.2. The van der Waals surface area contributed by atoms with Gasteiger partial charge in [0.1, 0.15) is 0 Å². The summed E-state index contributed by atoms with van der Waals surface area (Å²) in [6.45, 7) is 0. The van der Waals surface area contributed by atoms with Gasteiger partial charge in [-0.05, 0) is 129 Å². The lowest BCUT2D eigenvalue weighted by molar-refractivity contribution is 1.13. The van der Waals surface area contributed by atoms with Crippen molar-refractivity contribution in [2.75, 3.05) is 4.90 Å². The molecule has 11 aromatic carbocycles. The van der Waals surface area contributed by atoms with Gasteiger partial charge in [-0.15, -0.1) is 0 Å². The molecule has 0 bridgehead atoms. The summed E-state index contributed by atoms with van der Waals surface area (Å²) in [6, 6.07) is 59.5. The van der Waals surface area contributed by atoms with E-state index < -0.39 is 0 Å². The van der Waals surface area contributed by atoms with Gasteiger partial charge in [-0.1, -0.05) is 146 Å². The van der Waals surface area contributed by atoms with Crippen molar-refractivity contribution in [1.29, 1.82) is 0 Å². The minimum atomic E-state index is 0.0944. The summed E-state index contributed by atoms with van der Waals surface area (Å²) in [7, 11) is 0. The molecule has 274 valence electrons. The zero-order chi connectivity index (χ0) is 38.8. The van der Waals surface area contributed by atoms with Crippen molar-refractivity contribution in [3.05, 3.63) is 191 Å². The predicted molar refractivity (Wildman–Crippen MR) is 255 cm³/mol. The summed E-state index contributed by atoms with van der Waals surface area (Å²) in [5.74, 6) is 0.0944. The Morgan fingerprint density at radius 2 is 1.12 bits per heavy atom. The summed E-state index contributed by atoms with van der Waals surface area (Å²) in [5, 5.41) is 22.9. The third kappa shape index (κ3) is 3.91. The molecule has 15 rings (SSSR count). The van der Waals surface area contributed by atoms with Gasteiger partial charge in [0.2, 0.25) is 0 Å². The molecule has 1 aliphatic heterocycles. The number of benzene rings is 11. The number of anilines is 3. The SMILES string of the molecule is C1=CC(c2ccc3ccc4c(N5c6ccc7cc8ccccc8cc7c6-c6cccc7cccc5c67)ccc5ccc2c3c54)C=c2nc3ccc4c5c(ccc(c21)c35)=CC=4. The van der Waals surface area contributed by atoms with Crippen molar-refractivity contribution in [3.8, 4) is 11.1 Å². The third-order valence-corrected chi connectivity index (χ3v) is 14.0. The molecule has 0 amide bonds. The molecule has 3 aliphatic rings. The van der Waals surface area contributed by atoms with Crippen molar-refractivity contribution < 1.29 is 0 Å². The van der Waals surface area contributed by atoms with Crippen LogP contribution in [-0.4, -0.2) is 4.98 Å². The molecule has 2 heterocycles. The predicted octanol–water partition coefficient (Wildman–Crippen LogP) is 13.1. The van der Waals surface area contributed by atoms with E-state index in [9.17, 15) is 0 Å². The van der Waals surface area contributed by atoms with Gasteiger partial charge in [-0.25, -0.2) is 4.98 Å². The molecule has 0 N–H and O–H groups in total. The molecule has 1 atom stereocenters. The molecule has 60 heavy (non-hydrogen) atoms. The average molecular weight is 757 g/mol. The first-order chi connectivity index (χ1) is 29.7. The van der Waals surface area contributed by atoms with Gasteiger partial charge in [-0.3, -0.25) is 0 Å². The van der Waals surface area contributed by atoms with E-state index in [0.29, 0.717) is 0 Å². The van der Waals surface area contributed by atoms with Gasteiger partial charge >= 0.3 is 0 Å². The first-order valence-corrected chi connectivity index (χ1v) is 21.0. The summed E-state index contributed by atoms with van der Waals surface area (Å²) < 4.78 is 0. The molecule has 1 aromatic heterocycles. The second-order valence-corrected chi connectivity index (χ2v) is 17.0. The number of aromatic nitrogens is 1. The average Bonchev–Trinajstić information content (AvgIpc) is 3.73. The molecule has 0 spiro atoms. The quantitative estimate of drug-likeness (QED) is 0.129. The highest BCUT2D eigenvalue weighted by Gasteiger charge is 2.29. The lowest BCUT2D eigenvalue weighted by atomic mass is 9.84. The molecule has 0 fully saturated rings. The summed E-state index contributed by atoms with van der Waals surface area (Å²) in [6.07, 6.45) is 11.6. The monoisotopic (exact) mass is 756 g/mol. The standard InChI is InChI=1S/C58H32N2/c1-2-6-38-30-47-39(29-37(38)5-1)20-28-52-57(47)46-9-3-7-32-8-4-10-51(54(32)46)60(52)50-27-19-36-15-23-43-41(21-13-35-16-25-45(50)56(36)55(35)43)40-17-22-42-44-24-14-33-11-12-34-18-26-48(58(44)53(33)34)59-49(42)31-40/h1-31,40H. The van der Waals surface area contributed by atoms with Crippen LogP contribution in [0.5, 0.6) is 0 Å². The maximum atomic E-state index is 5.32. The Morgan fingerprint density at radius 3 is 2.00 bits per heavy atom. The highest BCUT2D eigenvalue weighted by molar-refractivity contribution is 6.28. The van der Waals surface area contributed by atoms with E-state index in [1.807, 2.05) is 0 Å². The van der Waals surface area contributed by atoms with Crippen LogP contribution >= 0.6 is 0 Å². The van der Waals surface area contributed by atoms with Gasteiger partial charge in [-0.2, -0.15) is 0 Å². The number of nitrogens with zero attached hydrogens (tertiary/aromatic N) is 2. The van der Waals surface area contributed by atoms with Crippen LogP contribution in [0.3, 0.4) is 0 Å². The molecule has 0 saturated heterocycles. The van der Waals surface area contributed by atoms with E-state index in [-0.39, 0.29) is 5.92 Å². The van der Waals surface area contributed by atoms with Crippen LogP contribution in [0.15, 0.2) is 164 Å². The topological polar surface area (TPSA) is 16.1 Å². The summed E-state index contributed by atoms with van der Waals surface area (Å²) in [4.78, 5) is 7.87. The number of hydrogen-bond acceptors (Lipinski definition) is 2. The minimum absolute atomic E-state index is 0.0944. The largest absolute Gasteiger partial charge is 0.309 e. The van der Waals surface area contributed by atoms with Crippen LogP contribution in [0, 0.1) is 0 Å². The number of allylic oxidation sites excluding steroid dienone is 1. The summed E-state index contributed by atoms with van der Waals surface area (Å²) >= 11 is 0. The molecule has 1 unspecified atom stereocenters. The fourth-order valence-electron chi connectivity index (χ4n) is 11.4. The fourth-order valence-corrected chi connectivity index (χ4v) is 11.4. The lowest BCUT2D eigenvalue weighted by Gasteiger charge is -2.35. The molecule has 2 heteroatoms. The molecule has 0 saturated carbocycles. The van der Waals surface area contributed by atoms with E-state index in [1.54, 1.807) is 0 Å². The Labute approximate surface area is 343 Å². The van der Waals surface area contributed by atoms with Crippen LogP contribution in [0.2, 0.25) is 0 Å². The zero-order valence-corrected chi connectivity index (χ0v) is 32.4. The van der Waals surface area contributed by atoms with Gasteiger partial charge in [0, 0.05) is 33.2 Å². The van der Waals surface area contributed by atoms with Crippen LogP contribution in [0.25, 0.3) is 122 Å². The third-order valence-electron chi connectivity index (χ3n) is 14.0. The van der Waals surface area contributed by atoms with Crippen LogP contribution < -0.4 is 20.7 Å². The van der Waals surface area contributed by atoms with Crippen molar-refractivity contribution in [2.45, 2.75) is 5.92 Å². The second kappa shape index (κ2) is 11.0. The highest BCUT2D eigenvalue weighted by atomic mass is 15.2. The number of fused-ring (bicyclic) bond motifs is 7. The van der Waals surface area contributed by atoms with E-state index >= 15 is 0 Å². The van der Waals surface area contributed by atoms with Crippen LogP contribution in [0.1, 0.15) is 17.0 Å². The fraction of sp³-hybridized carbons (Fsp3) is 0.0172. The van der Waals surface area contributed by atoms with Crippen molar-refractivity contribution in [1.82, 2.24) is 4.98 Å². The van der Waals surface area contributed by atoms with Crippen LogP contribution in [-0.2, 0) is 0 Å². The van der Waals surface area contributed by atoms with Crippen molar-refractivity contribution in [2.24, 2.45) is 0 Å². The van der Waals surface area contributed by atoms with Gasteiger partial charge < -0.3 is 4.90 Å². The lowest BCUT2D eigenvalue weighted by Crippen LogP contribution is -2.19. The molecular formula is C58H32N2. The van der Waals surface area contributed by atoms with E-state index in [4.69, 9.17) is 4.98 Å². The molecule has 12 aromatic rings. The Kier molecular flexibility index (Phi) is 5.73. The van der Waals surface area contributed by atoms with Gasteiger partial charge in [0.25, 0.3) is 0 Å². The maximum Gasteiger partial charge on any atom is 0.0722 e. The van der Waals surface area contributed by atoms with Crippen molar-refractivity contribution >= 4 is 128 Å². The Bertz CT molecular complexity index is 4170. The van der Waals surface area contributed by atoms with Gasteiger partial charge in [0.05, 0.1) is 27.9 Å². The number of rotatable bonds is 2. The number of pyridine rings is 1. The number of hydrogen-bond donors (Lipinski definition) is 0. The first-order valence-electron chi connectivity index (χ1n) is 21.0. The normalized spacial score (nSPS) is 15.1. The smallest absolute Gasteiger partial charge is 0.0722 e. The van der Waals surface area contributed by atoms with Crippen molar-refractivity contribution in [3.63, 3.8) is 0 Å². The zero-order valence-electron chi connectivity index (χ0n) is 32.4. The maximum absolute atomic E-state index is 5.32. The van der Waals surface area contributed by atoms with E-state index in [1.165, 1.54) is 131 Å². The van der Waals surface area contributed by atoms with Crippen LogP contribution in [0.4, 0.5) is 17.1 Å². The van der Waals surface area contributed by atoms with E-state index in [0.717, 1.165) is 10.9 Å². The minimum Gasteiger partial charge on any atom is -0.309 e. The summed E-state index contributed by atoms with van der Waals surface area (Å²) in [5.41, 5.74) is 9.81. The Hall–Kier alpha value is -7.81. The molecule has 2 nitrogen and oxygen atoms in total. The second-order valence-electron chi connectivity index (χ2n) is 17.0. The Morgan fingerprint density at radius 1 is 0.433 bits per heavy atom. The molecule has 0 radical (unpaired) electrons. The van der Waals surface area contributed by atoms with Gasteiger partial charge in [0.15, 0.2) is 0 Å². The molecule has 2 aliphatic carbocycles. The Balaban J connectivity index is 0.965. The highest BCUT2D eigenvalue weighted by Crippen LogP contribution is 2.55.